The van der Waals surface area contributed by atoms with Gasteiger partial charge in [0, 0.05) is 21.1 Å². The molecule has 0 amide bonds. The van der Waals surface area contributed by atoms with Gasteiger partial charge in [-0.3, -0.25) is 4.79 Å². The molecule has 8 nitrogen and oxygen atoms in total. The first-order chi connectivity index (χ1) is 7.43. The van der Waals surface area contributed by atoms with Crippen molar-refractivity contribution in [2.24, 2.45) is 11.5 Å². The molecule has 17 heavy (non-hydrogen) atoms. The van der Waals surface area contributed by atoms with Gasteiger partial charge in [0.2, 0.25) is 0 Å². The van der Waals surface area contributed by atoms with Gasteiger partial charge in [0.15, 0.2) is 6.61 Å². The average molecular weight is 429 g/mol. The molecule has 1 aliphatic rings. The van der Waals surface area contributed by atoms with E-state index in [1.807, 2.05) is 0 Å². The topological polar surface area (TPSA) is 142 Å². The second-order valence-electron chi connectivity index (χ2n) is 3.32. The SMILES string of the molecule is N[C-]1CCCC[C@H]1N.O=C(O)CO[N+](=O)[O-].[Pt]. The van der Waals surface area contributed by atoms with Crippen molar-refractivity contribution in [2.75, 3.05) is 6.61 Å². The van der Waals surface area contributed by atoms with Gasteiger partial charge in [-0.25, -0.2) is 6.04 Å². The molecule has 0 unspecified atom stereocenters. The summed E-state index contributed by atoms with van der Waals surface area (Å²) in [6.07, 6.45) is 4.62. The first-order valence-electron chi connectivity index (χ1n) is 4.79. The predicted octanol–water partition coefficient (Wildman–Crippen LogP) is -0.345. The van der Waals surface area contributed by atoms with E-state index in [9.17, 15) is 14.9 Å². The van der Waals surface area contributed by atoms with Crippen molar-refractivity contribution in [1.29, 1.82) is 0 Å². The molecular weight excluding hydrogens is 413 g/mol. The normalized spacial score (nSPS) is 19.3. The number of hydrogen-bond donors (Lipinski definition) is 3. The summed E-state index contributed by atoms with van der Waals surface area (Å²) in [7, 11) is 0. The molecule has 0 heterocycles. The Morgan fingerprint density at radius 3 is 2.41 bits per heavy atom. The Balaban J connectivity index is 0. The molecule has 5 N–H and O–H groups in total. The first-order valence-corrected chi connectivity index (χ1v) is 4.79. The van der Waals surface area contributed by atoms with Crippen LogP contribution in [-0.4, -0.2) is 28.8 Å². The number of rotatable bonds is 3. The van der Waals surface area contributed by atoms with Crippen LogP contribution >= 0.6 is 0 Å². The Kier molecular flexibility index (Phi) is 11.4. The van der Waals surface area contributed by atoms with Crippen LogP contribution in [0.4, 0.5) is 0 Å². The van der Waals surface area contributed by atoms with Crippen LogP contribution in [0.2, 0.25) is 0 Å². The third-order valence-corrected chi connectivity index (χ3v) is 2.00. The average Bonchev–Trinajstić information content (AvgIpc) is 2.20. The molecular formula is C8H16N3O5Pt-. The van der Waals surface area contributed by atoms with E-state index in [0.717, 1.165) is 18.9 Å². The van der Waals surface area contributed by atoms with Gasteiger partial charge in [0.25, 0.3) is 5.09 Å². The summed E-state index contributed by atoms with van der Waals surface area (Å²) < 4.78 is 0. The molecule has 1 fully saturated rings. The Hall–Kier alpha value is -0.722. The molecule has 1 aliphatic carbocycles. The zero-order chi connectivity index (χ0) is 12.6. The van der Waals surface area contributed by atoms with Crippen LogP contribution in [0.5, 0.6) is 0 Å². The number of carboxylic acids is 1. The van der Waals surface area contributed by atoms with Gasteiger partial charge in [-0.15, -0.1) is 16.2 Å². The van der Waals surface area contributed by atoms with Gasteiger partial charge >= 0.3 is 5.97 Å². The maximum absolute atomic E-state index is 9.47. The monoisotopic (exact) mass is 429 g/mol. The number of aliphatic carboxylic acids is 1. The summed E-state index contributed by atoms with van der Waals surface area (Å²) in [5.41, 5.74) is 11.2. The maximum Gasteiger partial charge on any atom is 0.329 e. The van der Waals surface area contributed by atoms with Crippen molar-refractivity contribution in [1.82, 2.24) is 0 Å². The van der Waals surface area contributed by atoms with Crippen LogP contribution < -0.4 is 11.5 Å². The van der Waals surface area contributed by atoms with E-state index in [1.165, 1.54) is 12.8 Å². The van der Waals surface area contributed by atoms with Gasteiger partial charge in [0.1, 0.15) is 0 Å². The van der Waals surface area contributed by atoms with E-state index >= 15 is 0 Å². The minimum absolute atomic E-state index is 0. The number of carbonyl (C=O) groups is 1. The molecule has 0 bridgehead atoms. The molecule has 0 saturated heterocycles. The van der Waals surface area contributed by atoms with E-state index in [0.29, 0.717) is 0 Å². The maximum atomic E-state index is 9.47. The molecule has 1 saturated carbocycles. The molecule has 0 radical (unpaired) electrons. The fourth-order valence-corrected chi connectivity index (χ4v) is 1.17. The Morgan fingerprint density at radius 2 is 2.18 bits per heavy atom. The van der Waals surface area contributed by atoms with Gasteiger partial charge in [-0.05, 0) is 0 Å². The van der Waals surface area contributed by atoms with Crippen molar-refractivity contribution in [3.63, 3.8) is 0 Å². The van der Waals surface area contributed by atoms with E-state index < -0.39 is 17.7 Å². The molecule has 9 heteroatoms. The van der Waals surface area contributed by atoms with Crippen molar-refractivity contribution in [3.8, 4) is 0 Å². The number of hydrogen-bond acceptors (Lipinski definition) is 6. The van der Waals surface area contributed by atoms with Gasteiger partial charge in [0.05, 0.1) is 0 Å². The minimum atomic E-state index is -1.36. The molecule has 0 aromatic heterocycles. The summed E-state index contributed by atoms with van der Waals surface area (Å²) in [5.74, 6) is -1.36. The number of nitrogens with zero attached hydrogens (tertiary/aromatic N) is 1. The largest absolute Gasteiger partial charge is 0.480 e. The Bertz CT molecular complexity index is 217. The van der Waals surface area contributed by atoms with Gasteiger partial charge in [-0.1, -0.05) is 19.3 Å². The van der Waals surface area contributed by atoms with E-state index in [4.69, 9.17) is 16.6 Å². The van der Waals surface area contributed by atoms with Crippen molar-refractivity contribution in [3.05, 3.63) is 16.2 Å². The third-order valence-electron chi connectivity index (χ3n) is 2.00. The Morgan fingerprint density at radius 1 is 1.59 bits per heavy atom. The van der Waals surface area contributed by atoms with Crippen molar-refractivity contribution < 1.29 is 40.9 Å². The third kappa shape index (κ3) is 11.5. The number of carboxylic acid groups (broad SMARTS) is 1. The van der Waals surface area contributed by atoms with Crippen LogP contribution in [-0.2, 0) is 30.7 Å². The smallest absolute Gasteiger partial charge is 0.329 e. The molecule has 0 aromatic rings. The van der Waals surface area contributed by atoms with Crippen LogP contribution in [0.1, 0.15) is 25.7 Å². The summed E-state index contributed by atoms with van der Waals surface area (Å²) in [6.45, 7) is -0.896. The fourth-order valence-electron chi connectivity index (χ4n) is 1.17. The van der Waals surface area contributed by atoms with Crippen molar-refractivity contribution in [2.45, 2.75) is 31.7 Å². The molecule has 1 rings (SSSR count). The second-order valence-corrected chi connectivity index (χ2v) is 3.32. The van der Waals surface area contributed by atoms with E-state index in [1.54, 1.807) is 0 Å². The van der Waals surface area contributed by atoms with E-state index in [2.05, 4.69) is 4.84 Å². The summed E-state index contributed by atoms with van der Waals surface area (Å²) in [5, 5.41) is 15.8. The van der Waals surface area contributed by atoms with Crippen LogP contribution in [0, 0.1) is 16.2 Å². The quantitative estimate of drug-likeness (QED) is 0.316. The van der Waals surface area contributed by atoms with Crippen LogP contribution in [0.3, 0.4) is 0 Å². The van der Waals surface area contributed by atoms with Crippen LogP contribution in [0.25, 0.3) is 0 Å². The minimum Gasteiger partial charge on any atom is -0.480 e. The number of nitrogens with two attached hydrogens (primary N) is 2. The fraction of sp³-hybridized carbons (Fsp3) is 0.750. The zero-order valence-corrected chi connectivity index (χ0v) is 11.4. The summed E-state index contributed by atoms with van der Waals surface area (Å²) in [6, 6.07) is 1.19. The van der Waals surface area contributed by atoms with Gasteiger partial charge < -0.3 is 21.4 Å². The van der Waals surface area contributed by atoms with E-state index in [-0.39, 0.29) is 27.1 Å². The molecule has 0 aliphatic heterocycles. The molecule has 0 aromatic carbocycles. The van der Waals surface area contributed by atoms with Crippen molar-refractivity contribution >= 4 is 5.97 Å². The summed E-state index contributed by atoms with van der Waals surface area (Å²) in [4.78, 5) is 22.1. The standard InChI is InChI=1S/C6H13N2.C2H3NO5.Pt/c7-5-3-1-2-4-6(5)8;4-2(5)1-8-3(6)7;/h5H,1-4,7-8H2;1H2,(H,4,5);/q-1;;/t5-;;/m1../s1. The zero-order valence-electron chi connectivity index (χ0n) is 9.11. The summed E-state index contributed by atoms with van der Waals surface area (Å²) >= 11 is 0. The Labute approximate surface area is 113 Å². The molecule has 104 valence electrons. The second kappa shape index (κ2) is 10.4. The van der Waals surface area contributed by atoms with Crippen LogP contribution in [0.15, 0.2) is 0 Å². The predicted molar refractivity (Wildman–Crippen MR) is 54.5 cm³/mol. The molecule has 0 spiro atoms. The molecule has 1 atom stereocenters. The van der Waals surface area contributed by atoms with Gasteiger partial charge in [-0.2, -0.15) is 6.42 Å². The first kappa shape index (κ1) is 18.6.